The maximum atomic E-state index is 6.48. The van der Waals surface area contributed by atoms with Crippen molar-refractivity contribution in [3.63, 3.8) is 0 Å². The van der Waals surface area contributed by atoms with Gasteiger partial charge in [-0.3, -0.25) is 0 Å². The van der Waals surface area contributed by atoms with Gasteiger partial charge >= 0.3 is 0 Å². The Balaban J connectivity index is 2.95. The molecule has 108 valence electrons. The Labute approximate surface area is 118 Å². The quantitative estimate of drug-likeness (QED) is 0.784. The highest BCUT2D eigenvalue weighted by molar-refractivity contribution is 5.44. The molecule has 2 unspecified atom stereocenters. The molecule has 0 aromatic heterocycles. The van der Waals surface area contributed by atoms with Crippen LogP contribution in [0.25, 0.3) is 0 Å². The van der Waals surface area contributed by atoms with Crippen LogP contribution in [-0.4, -0.2) is 7.11 Å². The lowest BCUT2D eigenvalue weighted by molar-refractivity contribution is 0.376. The molecule has 1 aromatic carbocycles. The summed E-state index contributed by atoms with van der Waals surface area (Å²) in [6, 6.07) is 4.51. The van der Waals surface area contributed by atoms with Gasteiger partial charge < -0.3 is 10.5 Å². The van der Waals surface area contributed by atoms with Gasteiger partial charge in [0.1, 0.15) is 5.75 Å². The number of aryl methyl sites for hydroxylation is 2. The maximum Gasteiger partial charge on any atom is 0.124 e. The second-order valence-electron chi connectivity index (χ2n) is 5.52. The Morgan fingerprint density at radius 1 is 1.16 bits per heavy atom. The molecule has 0 fully saturated rings. The van der Waals surface area contributed by atoms with Crippen LogP contribution in [0.1, 0.15) is 62.3 Å². The van der Waals surface area contributed by atoms with Gasteiger partial charge in [0.2, 0.25) is 0 Å². The minimum atomic E-state index is 0.139. The molecule has 2 atom stereocenters. The SMILES string of the molecule is CCCCC(CC)C(N)c1cc(C)c(OC)c(C)c1. The minimum Gasteiger partial charge on any atom is -0.496 e. The molecule has 2 N–H and O–H groups in total. The van der Waals surface area contributed by atoms with Crippen LogP contribution in [0, 0.1) is 19.8 Å². The van der Waals surface area contributed by atoms with E-state index in [-0.39, 0.29) is 6.04 Å². The summed E-state index contributed by atoms with van der Waals surface area (Å²) in [6.07, 6.45) is 4.87. The second kappa shape index (κ2) is 7.54. The van der Waals surface area contributed by atoms with Crippen molar-refractivity contribution in [2.45, 2.75) is 59.4 Å². The Hall–Kier alpha value is -1.02. The average Bonchev–Trinajstić information content (AvgIpc) is 2.39. The van der Waals surface area contributed by atoms with Crippen LogP contribution in [-0.2, 0) is 0 Å². The zero-order valence-electron chi connectivity index (χ0n) is 13.1. The highest BCUT2D eigenvalue weighted by Crippen LogP contribution is 2.32. The highest BCUT2D eigenvalue weighted by atomic mass is 16.5. The van der Waals surface area contributed by atoms with Crippen LogP contribution >= 0.6 is 0 Å². The summed E-state index contributed by atoms with van der Waals surface area (Å²) in [5.74, 6) is 1.56. The number of hydrogen-bond donors (Lipinski definition) is 1. The lowest BCUT2D eigenvalue weighted by Crippen LogP contribution is -2.21. The number of unbranched alkanes of at least 4 members (excludes halogenated alkanes) is 1. The summed E-state index contributed by atoms with van der Waals surface area (Å²) in [5.41, 5.74) is 10.1. The second-order valence-corrected chi connectivity index (χ2v) is 5.52. The standard InChI is InChI=1S/C17H29NO/c1-6-8-9-14(7-2)16(18)15-10-12(3)17(19-5)13(4)11-15/h10-11,14,16H,6-9,18H2,1-5H3. The van der Waals surface area contributed by atoms with Gasteiger partial charge in [-0.05, 0) is 42.9 Å². The Kier molecular flexibility index (Phi) is 6.36. The lowest BCUT2D eigenvalue weighted by atomic mass is 9.86. The summed E-state index contributed by atoms with van der Waals surface area (Å²) < 4.78 is 5.42. The molecule has 2 heteroatoms. The molecule has 0 amide bonds. The van der Waals surface area contributed by atoms with Crippen molar-refractivity contribution in [3.8, 4) is 5.75 Å². The molecule has 0 aliphatic carbocycles. The predicted molar refractivity (Wildman–Crippen MR) is 82.7 cm³/mol. The van der Waals surface area contributed by atoms with Crippen molar-refractivity contribution in [3.05, 3.63) is 28.8 Å². The Bertz CT molecular complexity index is 377. The third-order valence-electron chi connectivity index (χ3n) is 4.03. The smallest absolute Gasteiger partial charge is 0.124 e. The van der Waals surface area contributed by atoms with Crippen LogP contribution in [0.15, 0.2) is 12.1 Å². The van der Waals surface area contributed by atoms with Crippen LogP contribution < -0.4 is 10.5 Å². The van der Waals surface area contributed by atoms with Crippen molar-refractivity contribution in [1.29, 1.82) is 0 Å². The zero-order valence-corrected chi connectivity index (χ0v) is 13.1. The molecule has 1 rings (SSSR count). The molecular weight excluding hydrogens is 234 g/mol. The molecule has 0 saturated carbocycles. The van der Waals surface area contributed by atoms with E-state index in [0.717, 1.165) is 12.2 Å². The van der Waals surface area contributed by atoms with Crippen LogP contribution in [0.5, 0.6) is 5.75 Å². The number of hydrogen-bond acceptors (Lipinski definition) is 2. The van der Waals surface area contributed by atoms with Crippen molar-refractivity contribution in [2.75, 3.05) is 7.11 Å². The molecule has 0 spiro atoms. The van der Waals surface area contributed by atoms with Crippen LogP contribution in [0.4, 0.5) is 0 Å². The maximum absolute atomic E-state index is 6.48. The molecule has 2 nitrogen and oxygen atoms in total. The van der Waals surface area contributed by atoms with E-state index in [2.05, 4.69) is 39.8 Å². The largest absolute Gasteiger partial charge is 0.496 e. The summed E-state index contributed by atoms with van der Waals surface area (Å²) in [5, 5.41) is 0. The van der Waals surface area contributed by atoms with Crippen LogP contribution in [0.2, 0.25) is 0 Å². The Morgan fingerprint density at radius 3 is 2.16 bits per heavy atom. The molecule has 19 heavy (non-hydrogen) atoms. The monoisotopic (exact) mass is 263 g/mol. The fourth-order valence-electron chi connectivity index (χ4n) is 2.87. The van der Waals surface area contributed by atoms with Crippen molar-refractivity contribution >= 4 is 0 Å². The highest BCUT2D eigenvalue weighted by Gasteiger charge is 2.19. The summed E-state index contributed by atoms with van der Waals surface area (Å²) in [7, 11) is 1.73. The first-order chi connectivity index (χ1) is 9.04. The predicted octanol–water partition coefficient (Wildman–Crippen LogP) is 4.53. The fraction of sp³-hybridized carbons (Fsp3) is 0.647. The van der Waals surface area contributed by atoms with E-state index in [9.17, 15) is 0 Å². The average molecular weight is 263 g/mol. The third-order valence-corrected chi connectivity index (χ3v) is 4.03. The van der Waals surface area contributed by atoms with Crippen molar-refractivity contribution < 1.29 is 4.74 Å². The van der Waals surface area contributed by atoms with E-state index in [1.807, 2.05) is 0 Å². The third kappa shape index (κ3) is 3.97. The number of methoxy groups -OCH3 is 1. The molecule has 0 saturated heterocycles. The van der Waals surface area contributed by atoms with Crippen molar-refractivity contribution in [1.82, 2.24) is 0 Å². The topological polar surface area (TPSA) is 35.2 Å². The summed E-state index contributed by atoms with van der Waals surface area (Å²) in [6.45, 7) is 8.66. The van der Waals surface area contributed by atoms with E-state index in [0.29, 0.717) is 5.92 Å². The molecule has 0 aliphatic heterocycles. The fourth-order valence-corrected chi connectivity index (χ4v) is 2.87. The van der Waals surface area contributed by atoms with E-state index in [1.165, 1.54) is 36.0 Å². The first kappa shape index (κ1) is 16.0. The Morgan fingerprint density at radius 2 is 1.74 bits per heavy atom. The first-order valence-electron chi connectivity index (χ1n) is 7.45. The van der Waals surface area contributed by atoms with E-state index >= 15 is 0 Å². The van der Waals surface area contributed by atoms with Crippen molar-refractivity contribution in [2.24, 2.45) is 11.7 Å². The molecule has 0 radical (unpaired) electrons. The first-order valence-corrected chi connectivity index (χ1v) is 7.45. The summed E-state index contributed by atoms with van der Waals surface area (Å²) >= 11 is 0. The number of ether oxygens (including phenoxy) is 1. The van der Waals surface area contributed by atoms with Gasteiger partial charge in [0.25, 0.3) is 0 Å². The van der Waals surface area contributed by atoms with Gasteiger partial charge in [-0.25, -0.2) is 0 Å². The number of nitrogens with two attached hydrogens (primary N) is 1. The van der Waals surface area contributed by atoms with E-state index < -0.39 is 0 Å². The summed E-state index contributed by atoms with van der Waals surface area (Å²) in [4.78, 5) is 0. The van der Waals surface area contributed by atoms with Gasteiger partial charge in [-0.2, -0.15) is 0 Å². The molecule has 1 aromatic rings. The number of benzene rings is 1. The van der Waals surface area contributed by atoms with Crippen LogP contribution in [0.3, 0.4) is 0 Å². The molecule has 0 bridgehead atoms. The van der Waals surface area contributed by atoms with Gasteiger partial charge in [0, 0.05) is 6.04 Å². The molecular formula is C17H29NO. The zero-order chi connectivity index (χ0) is 14.4. The van der Waals surface area contributed by atoms with E-state index in [4.69, 9.17) is 10.5 Å². The molecule has 0 aliphatic rings. The van der Waals surface area contributed by atoms with E-state index in [1.54, 1.807) is 7.11 Å². The lowest BCUT2D eigenvalue weighted by Gasteiger charge is -2.24. The molecule has 0 heterocycles. The van der Waals surface area contributed by atoms with Gasteiger partial charge in [0.15, 0.2) is 0 Å². The minimum absolute atomic E-state index is 0.139. The van der Waals surface area contributed by atoms with Gasteiger partial charge in [0.05, 0.1) is 7.11 Å². The van der Waals surface area contributed by atoms with Gasteiger partial charge in [-0.15, -0.1) is 0 Å². The number of rotatable bonds is 7. The normalized spacial score (nSPS) is 14.2. The van der Waals surface area contributed by atoms with Gasteiger partial charge in [-0.1, -0.05) is 45.2 Å².